The topological polar surface area (TPSA) is 92.7 Å². The van der Waals surface area contributed by atoms with E-state index in [9.17, 15) is 9.59 Å². The summed E-state index contributed by atoms with van der Waals surface area (Å²) in [5, 5.41) is 1.80. The lowest BCUT2D eigenvalue weighted by Crippen LogP contribution is -2.55. The van der Waals surface area contributed by atoms with Crippen molar-refractivity contribution in [3.05, 3.63) is 0 Å². The van der Waals surface area contributed by atoms with Crippen LogP contribution in [0.5, 0.6) is 0 Å². The van der Waals surface area contributed by atoms with Crippen molar-refractivity contribution in [3.63, 3.8) is 0 Å². The molecule has 2 amide bonds. The molecular weight excluding hydrogens is 220 g/mol. The molecule has 96 valence electrons. The SMILES string of the molecule is NC(=O)C1CN(C(=O)CC2CCN(N)CC2)C1. The number of carbonyl (C=O) groups is 2. The van der Waals surface area contributed by atoms with Crippen molar-refractivity contribution >= 4 is 11.8 Å². The average molecular weight is 240 g/mol. The summed E-state index contributed by atoms with van der Waals surface area (Å²) in [6.45, 7) is 2.73. The van der Waals surface area contributed by atoms with Crippen molar-refractivity contribution in [2.24, 2.45) is 23.4 Å². The second kappa shape index (κ2) is 5.01. The fourth-order valence-electron chi connectivity index (χ4n) is 2.40. The van der Waals surface area contributed by atoms with Gasteiger partial charge in [0.25, 0.3) is 0 Å². The van der Waals surface area contributed by atoms with Crippen LogP contribution in [0.2, 0.25) is 0 Å². The zero-order valence-electron chi connectivity index (χ0n) is 9.97. The Morgan fingerprint density at radius 2 is 1.76 bits per heavy atom. The number of amides is 2. The predicted octanol–water partition coefficient (Wildman–Crippen LogP) is -1.09. The summed E-state index contributed by atoms with van der Waals surface area (Å²) < 4.78 is 0. The molecule has 0 unspecified atom stereocenters. The molecule has 0 aromatic carbocycles. The van der Waals surface area contributed by atoms with Gasteiger partial charge in [-0.1, -0.05) is 0 Å². The van der Waals surface area contributed by atoms with Gasteiger partial charge < -0.3 is 10.6 Å². The van der Waals surface area contributed by atoms with E-state index in [0.717, 1.165) is 25.9 Å². The summed E-state index contributed by atoms with van der Waals surface area (Å²) >= 11 is 0. The van der Waals surface area contributed by atoms with Gasteiger partial charge in [0.1, 0.15) is 0 Å². The standard InChI is InChI=1S/C11H20N4O2/c12-11(17)9-6-14(7-9)10(16)5-8-1-3-15(13)4-2-8/h8-9H,1-7,13H2,(H2,12,17). The van der Waals surface area contributed by atoms with E-state index >= 15 is 0 Å². The van der Waals surface area contributed by atoms with Crippen LogP contribution in [-0.2, 0) is 9.59 Å². The molecule has 2 aliphatic rings. The number of hydrazine groups is 1. The Balaban J connectivity index is 1.70. The van der Waals surface area contributed by atoms with E-state index < -0.39 is 0 Å². The molecule has 6 nitrogen and oxygen atoms in total. The minimum atomic E-state index is -0.300. The summed E-state index contributed by atoms with van der Waals surface area (Å²) in [7, 11) is 0. The first-order valence-electron chi connectivity index (χ1n) is 6.13. The maximum absolute atomic E-state index is 11.9. The fourth-order valence-corrected chi connectivity index (χ4v) is 2.40. The van der Waals surface area contributed by atoms with Crippen LogP contribution in [0.3, 0.4) is 0 Å². The largest absolute Gasteiger partial charge is 0.369 e. The molecule has 4 N–H and O–H groups in total. The van der Waals surface area contributed by atoms with Crippen molar-refractivity contribution < 1.29 is 9.59 Å². The first-order valence-corrected chi connectivity index (χ1v) is 6.13. The maximum atomic E-state index is 11.9. The van der Waals surface area contributed by atoms with E-state index in [-0.39, 0.29) is 17.7 Å². The summed E-state index contributed by atoms with van der Waals surface area (Å²) in [6, 6.07) is 0. The molecule has 2 rings (SSSR count). The highest BCUT2D eigenvalue weighted by Gasteiger charge is 2.35. The number of likely N-dealkylation sites (tertiary alicyclic amines) is 1. The normalized spacial score (nSPS) is 23.5. The molecule has 0 aromatic rings. The first-order chi connectivity index (χ1) is 8.06. The first kappa shape index (κ1) is 12.3. The fraction of sp³-hybridized carbons (Fsp3) is 0.818. The summed E-state index contributed by atoms with van der Waals surface area (Å²) in [4.78, 5) is 24.4. The molecular formula is C11H20N4O2. The van der Waals surface area contributed by atoms with Crippen LogP contribution in [-0.4, -0.2) is 47.9 Å². The van der Waals surface area contributed by atoms with E-state index in [1.54, 1.807) is 9.91 Å². The quantitative estimate of drug-likeness (QED) is 0.613. The number of piperidine rings is 1. The molecule has 0 spiro atoms. The van der Waals surface area contributed by atoms with Crippen LogP contribution in [0.25, 0.3) is 0 Å². The van der Waals surface area contributed by atoms with Crippen LogP contribution < -0.4 is 11.6 Å². The van der Waals surface area contributed by atoms with Gasteiger partial charge in [0.15, 0.2) is 0 Å². The lowest BCUT2D eigenvalue weighted by molar-refractivity contribution is -0.142. The summed E-state index contributed by atoms with van der Waals surface area (Å²) in [5.41, 5.74) is 5.16. The Morgan fingerprint density at radius 1 is 1.18 bits per heavy atom. The molecule has 0 aliphatic carbocycles. The monoisotopic (exact) mass is 240 g/mol. The zero-order chi connectivity index (χ0) is 12.4. The van der Waals surface area contributed by atoms with Crippen molar-refractivity contribution in [3.8, 4) is 0 Å². The highest BCUT2D eigenvalue weighted by molar-refractivity contribution is 5.83. The van der Waals surface area contributed by atoms with Crippen molar-refractivity contribution in [1.29, 1.82) is 0 Å². The Bertz CT molecular complexity index is 307. The lowest BCUT2D eigenvalue weighted by atomic mass is 9.92. The van der Waals surface area contributed by atoms with Crippen molar-refractivity contribution in [1.82, 2.24) is 9.91 Å². The molecule has 6 heteroatoms. The second-order valence-corrected chi connectivity index (χ2v) is 5.08. The Labute approximate surface area is 101 Å². The van der Waals surface area contributed by atoms with Crippen LogP contribution in [0, 0.1) is 11.8 Å². The van der Waals surface area contributed by atoms with Gasteiger partial charge in [0.2, 0.25) is 11.8 Å². The molecule has 0 bridgehead atoms. The predicted molar refractivity (Wildman–Crippen MR) is 62.4 cm³/mol. The van der Waals surface area contributed by atoms with Gasteiger partial charge in [-0.05, 0) is 18.8 Å². The maximum Gasteiger partial charge on any atom is 0.224 e. The zero-order valence-corrected chi connectivity index (χ0v) is 9.97. The molecule has 0 aromatic heterocycles. The molecule has 17 heavy (non-hydrogen) atoms. The molecule has 2 heterocycles. The summed E-state index contributed by atoms with van der Waals surface area (Å²) in [6.07, 6.45) is 2.55. The van der Waals surface area contributed by atoms with Gasteiger partial charge in [0, 0.05) is 32.6 Å². The van der Waals surface area contributed by atoms with Gasteiger partial charge in [-0.3, -0.25) is 15.4 Å². The lowest BCUT2D eigenvalue weighted by Gasteiger charge is -2.38. The minimum Gasteiger partial charge on any atom is -0.369 e. The van der Waals surface area contributed by atoms with E-state index in [1.807, 2.05) is 0 Å². The Kier molecular flexibility index (Phi) is 3.63. The van der Waals surface area contributed by atoms with E-state index in [4.69, 9.17) is 11.6 Å². The number of nitrogens with two attached hydrogens (primary N) is 2. The average Bonchev–Trinajstić information content (AvgIpc) is 2.18. The van der Waals surface area contributed by atoms with Crippen LogP contribution in [0.15, 0.2) is 0 Å². The smallest absolute Gasteiger partial charge is 0.224 e. The molecule has 2 aliphatic heterocycles. The minimum absolute atomic E-state index is 0.134. The van der Waals surface area contributed by atoms with Crippen LogP contribution in [0.1, 0.15) is 19.3 Å². The number of rotatable bonds is 3. The van der Waals surface area contributed by atoms with E-state index in [0.29, 0.717) is 25.4 Å². The van der Waals surface area contributed by atoms with Gasteiger partial charge in [-0.25, -0.2) is 5.01 Å². The van der Waals surface area contributed by atoms with Crippen molar-refractivity contribution in [2.75, 3.05) is 26.2 Å². The molecule has 2 fully saturated rings. The van der Waals surface area contributed by atoms with Gasteiger partial charge in [-0.2, -0.15) is 0 Å². The van der Waals surface area contributed by atoms with E-state index in [2.05, 4.69) is 0 Å². The van der Waals surface area contributed by atoms with Crippen LogP contribution >= 0.6 is 0 Å². The Hall–Kier alpha value is -1.14. The molecule has 0 radical (unpaired) electrons. The number of hydrogen-bond donors (Lipinski definition) is 2. The second-order valence-electron chi connectivity index (χ2n) is 5.08. The van der Waals surface area contributed by atoms with Crippen LogP contribution in [0.4, 0.5) is 0 Å². The third-order valence-corrected chi connectivity index (χ3v) is 3.75. The third-order valence-electron chi connectivity index (χ3n) is 3.75. The Morgan fingerprint density at radius 3 is 2.29 bits per heavy atom. The number of primary amides is 1. The highest BCUT2D eigenvalue weighted by atomic mass is 16.2. The number of carbonyl (C=O) groups excluding carboxylic acids is 2. The third kappa shape index (κ3) is 2.95. The summed E-state index contributed by atoms with van der Waals surface area (Å²) in [5.74, 6) is 5.82. The van der Waals surface area contributed by atoms with E-state index in [1.165, 1.54) is 0 Å². The van der Waals surface area contributed by atoms with Gasteiger partial charge in [0.05, 0.1) is 5.92 Å². The molecule has 2 saturated heterocycles. The highest BCUT2D eigenvalue weighted by Crippen LogP contribution is 2.23. The molecule has 0 atom stereocenters. The van der Waals surface area contributed by atoms with Crippen molar-refractivity contribution in [2.45, 2.75) is 19.3 Å². The number of nitrogens with zero attached hydrogens (tertiary/aromatic N) is 2. The van der Waals surface area contributed by atoms with Gasteiger partial charge >= 0.3 is 0 Å². The molecule has 0 saturated carbocycles. The number of hydrogen-bond acceptors (Lipinski definition) is 4. The van der Waals surface area contributed by atoms with Gasteiger partial charge in [-0.15, -0.1) is 0 Å².